The van der Waals surface area contributed by atoms with E-state index in [2.05, 4.69) is 4.74 Å². The number of esters is 2. The average molecular weight is 313 g/mol. The Morgan fingerprint density at radius 2 is 1.64 bits per heavy atom. The van der Waals surface area contributed by atoms with E-state index in [9.17, 15) is 9.59 Å². The van der Waals surface area contributed by atoms with E-state index in [0.29, 0.717) is 12.8 Å². The first-order valence-electron chi connectivity index (χ1n) is 7.28. The lowest BCUT2D eigenvalue weighted by molar-refractivity contribution is -0.155. The van der Waals surface area contributed by atoms with E-state index in [1.807, 2.05) is 6.92 Å². The molecule has 2 aliphatic rings. The quantitative estimate of drug-likeness (QED) is 0.375. The van der Waals surface area contributed by atoms with E-state index in [-0.39, 0.29) is 32.2 Å². The van der Waals surface area contributed by atoms with Gasteiger partial charge >= 0.3 is 11.9 Å². The van der Waals surface area contributed by atoms with E-state index in [1.54, 1.807) is 0 Å². The highest BCUT2D eigenvalue weighted by Gasteiger charge is 2.51. The molecule has 8 heteroatoms. The molecule has 0 N–H and O–H groups in total. The van der Waals surface area contributed by atoms with Gasteiger partial charge in [-0.05, 0) is 6.42 Å². The molecule has 2 rings (SSSR count). The standard InChI is InChI=1S/C14H19NO7/c1-2-3-11(16)21-9-6-19-14-10(7-20-13(9)14)22-12(17)4-5-18-8-15/h9-10,13-14H,2-7H2,1H3/t9-,10+,13+,14+/m0/s1. The summed E-state index contributed by atoms with van der Waals surface area (Å²) in [5.41, 5.74) is 0. The molecule has 2 heterocycles. The highest BCUT2D eigenvalue weighted by molar-refractivity contribution is 5.70. The molecule has 0 amide bonds. The number of nitrogens with zero attached hydrogens (tertiary/aromatic N) is 1. The number of carbonyl (C=O) groups excluding carboxylic acids is 2. The first kappa shape index (κ1) is 16.5. The van der Waals surface area contributed by atoms with E-state index >= 15 is 0 Å². The molecule has 0 saturated carbocycles. The van der Waals surface area contributed by atoms with E-state index in [4.69, 9.17) is 24.2 Å². The van der Waals surface area contributed by atoms with Crippen LogP contribution in [0.4, 0.5) is 0 Å². The zero-order valence-corrected chi connectivity index (χ0v) is 12.4. The molecule has 122 valence electrons. The number of nitriles is 1. The smallest absolute Gasteiger partial charge is 0.309 e. The van der Waals surface area contributed by atoms with Crippen molar-refractivity contribution >= 4 is 11.9 Å². The van der Waals surface area contributed by atoms with E-state index < -0.39 is 30.4 Å². The van der Waals surface area contributed by atoms with Crippen molar-refractivity contribution in [2.75, 3.05) is 19.8 Å². The van der Waals surface area contributed by atoms with Crippen LogP contribution in [-0.4, -0.2) is 56.2 Å². The van der Waals surface area contributed by atoms with Crippen molar-refractivity contribution < 1.29 is 33.3 Å². The van der Waals surface area contributed by atoms with Gasteiger partial charge in [0, 0.05) is 6.42 Å². The van der Waals surface area contributed by atoms with Crippen LogP contribution < -0.4 is 0 Å². The van der Waals surface area contributed by atoms with Crippen LogP contribution >= 0.6 is 0 Å². The van der Waals surface area contributed by atoms with Crippen LogP contribution in [0.1, 0.15) is 26.2 Å². The molecule has 0 aromatic carbocycles. The summed E-state index contributed by atoms with van der Waals surface area (Å²) in [6.07, 6.45) is 0.697. The molecule has 2 aliphatic heterocycles. The van der Waals surface area contributed by atoms with Crippen LogP contribution in [0.2, 0.25) is 0 Å². The Hall–Kier alpha value is -1.85. The SMILES string of the molecule is CCCC(=O)O[C@H]1CO[C@H]2[C@@H]1OC[C@H]2OC(=O)CCOC#N. The van der Waals surface area contributed by atoms with Crippen molar-refractivity contribution in [2.24, 2.45) is 0 Å². The minimum Gasteiger partial charge on any atom is -0.457 e. The first-order valence-corrected chi connectivity index (χ1v) is 7.28. The van der Waals surface area contributed by atoms with Gasteiger partial charge in [0.2, 0.25) is 0 Å². The minimum atomic E-state index is -0.533. The van der Waals surface area contributed by atoms with Crippen molar-refractivity contribution in [1.29, 1.82) is 5.26 Å². The summed E-state index contributed by atoms with van der Waals surface area (Å²) in [6, 6.07) is 0. The molecule has 0 aromatic rings. The predicted octanol–water partition coefficient (Wildman–Crippen LogP) is 0.295. The van der Waals surface area contributed by atoms with Crippen molar-refractivity contribution in [1.82, 2.24) is 0 Å². The largest absolute Gasteiger partial charge is 0.457 e. The monoisotopic (exact) mass is 313 g/mol. The second kappa shape index (κ2) is 7.96. The van der Waals surface area contributed by atoms with Crippen LogP contribution in [-0.2, 0) is 33.3 Å². The van der Waals surface area contributed by atoms with Crippen LogP contribution in [0.15, 0.2) is 0 Å². The fourth-order valence-corrected chi connectivity index (χ4v) is 2.47. The number of rotatable bonds is 7. The molecule has 4 atom stereocenters. The molecular formula is C14H19NO7. The Morgan fingerprint density at radius 1 is 1.09 bits per heavy atom. The van der Waals surface area contributed by atoms with E-state index in [1.165, 1.54) is 6.26 Å². The van der Waals surface area contributed by atoms with Gasteiger partial charge in [-0.1, -0.05) is 6.92 Å². The molecule has 2 saturated heterocycles. The highest BCUT2D eigenvalue weighted by atomic mass is 16.7. The lowest BCUT2D eigenvalue weighted by atomic mass is 10.1. The fourth-order valence-electron chi connectivity index (χ4n) is 2.47. The van der Waals surface area contributed by atoms with Crippen molar-refractivity contribution in [2.45, 2.75) is 50.6 Å². The van der Waals surface area contributed by atoms with Gasteiger partial charge in [0.1, 0.15) is 18.8 Å². The summed E-state index contributed by atoms with van der Waals surface area (Å²) in [6.45, 7) is 2.31. The summed E-state index contributed by atoms with van der Waals surface area (Å²) in [5.74, 6) is -0.769. The maximum Gasteiger partial charge on any atom is 0.309 e. The van der Waals surface area contributed by atoms with Crippen LogP contribution in [0, 0.1) is 11.5 Å². The molecule has 0 spiro atoms. The van der Waals surface area contributed by atoms with E-state index in [0.717, 1.165) is 0 Å². The Labute approximate surface area is 128 Å². The molecule has 0 bridgehead atoms. The number of fused-ring (bicyclic) bond motifs is 1. The summed E-state index contributed by atoms with van der Waals surface area (Å²) in [7, 11) is 0. The summed E-state index contributed by atoms with van der Waals surface area (Å²) < 4.78 is 26.1. The van der Waals surface area contributed by atoms with Gasteiger partial charge in [0.05, 0.1) is 19.6 Å². The fraction of sp³-hybridized carbons (Fsp3) is 0.786. The first-order chi connectivity index (χ1) is 10.7. The molecule has 0 radical (unpaired) electrons. The lowest BCUT2D eigenvalue weighted by Gasteiger charge is -2.17. The molecule has 0 aliphatic carbocycles. The number of hydrogen-bond donors (Lipinski definition) is 0. The zero-order chi connectivity index (χ0) is 15.9. The summed E-state index contributed by atoms with van der Waals surface area (Å²) in [4.78, 5) is 23.1. The lowest BCUT2D eigenvalue weighted by Crippen LogP contribution is -2.36. The Bertz CT molecular complexity index is 447. The minimum absolute atomic E-state index is 0.0175. The Balaban J connectivity index is 1.79. The topological polar surface area (TPSA) is 104 Å². The molecule has 8 nitrogen and oxygen atoms in total. The highest BCUT2D eigenvalue weighted by Crippen LogP contribution is 2.31. The molecule has 0 aromatic heterocycles. The number of carbonyl (C=O) groups is 2. The van der Waals surface area contributed by atoms with Crippen molar-refractivity contribution in [3.8, 4) is 6.26 Å². The Kier molecular flexibility index (Phi) is 5.98. The van der Waals surface area contributed by atoms with Gasteiger partial charge in [0.25, 0.3) is 6.26 Å². The van der Waals surface area contributed by atoms with Gasteiger partial charge in [-0.25, -0.2) is 0 Å². The van der Waals surface area contributed by atoms with Crippen LogP contribution in [0.5, 0.6) is 0 Å². The van der Waals surface area contributed by atoms with Crippen LogP contribution in [0.25, 0.3) is 0 Å². The van der Waals surface area contributed by atoms with Gasteiger partial charge < -0.3 is 23.7 Å². The van der Waals surface area contributed by atoms with Crippen molar-refractivity contribution in [3.05, 3.63) is 0 Å². The predicted molar refractivity (Wildman–Crippen MR) is 70.3 cm³/mol. The summed E-state index contributed by atoms with van der Waals surface area (Å²) >= 11 is 0. The number of hydrogen-bond acceptors (Lipinski definition) is 8. The second-order valence-electron chi connectivity index (χ2n) is 5.09. The normalized spacial score (nSPS) is 29.5. The Morgan fingerprint density at radius 3 is 2.14 bits per heavy atom. The van der Waals surface area contributed by atoms with Crippen molar-refractivity contribution in [3.63, 3.8) is 0 Å². The molecule has 2 fully saturated rings. The third-order valence-electron chi connectivity index (χ3n) is 3.46. The average Bonchev–Trinajstić information content (AvgIpc) is 3.04. The van der Waals surface area contributed by atoms with Crippen LogP contribution in [0.3, 0.4) is 0 Å². The third-order valence-corrected chi connectivity index (χ3v) is 3.46. The maximum atomic E-state index is 11.6. The second-order valence-corrected chi connectivity index (χ2v) is 5.09. The molecular weight excluding hydrogens is 294 g/mol. The number of ether oxygens (including phenoxy) is 5. The third kappa shape index (κ3) is 4.08. The zero-order valence-electron chi connectivity index (χ0n) is 12.4. The summed E-state index contributed by atoms with van der Waals surface area (Å²) in [5, 5.41) is 8.22. The van der Waals surface area contributed by atoms with Gasteiger partial charge in [-0.2, -0.15) is 5.26 Å². The van der Waals surface area contributed by atoms with Gasteiger partial charge in [-0.3, -0.25) is 9.59 Å². The van der Waals surface area contributed by atoms with Gasteiger partial charge in [0.15, 0.2) is 12.2 Å². The van der Waals surface area contributed by atoms with Gasteiger partial charge in [-0.15, -0.1) is 0 Å². The molecule has 0 unspecified atom stereocenters. The maximum absolute atomic E-state index is 11.6. The molecule has 22 heavy (non-hydrogen) atoms.